The Kier molecular flexibility index (Phi) is 6.56. The smallest absolute Gasteiger partial charge is 0.265 e. The van der Waals surface area contributed by atoms with Crippen LogP contribution in [-0.4, -0.2) is 30.3 Å². The van der Waals surface area contributed by atoms with Gasteiger partial charge in [-0.3, -0.25) is 14.1 Å². The molecule has 0 amide bonds. The zero-order chi connectivity index (χ0) is 27.3. The first kappa shape index (κ1) is 26.3. The molecular weight excluding hydrogens is 500 g/mol. The number of hydrogen-bond acceptors (Lipinski definition) is 5. The Labute approximate surface area is 223 Å². The van der Waals surface area contributed by atoms with E-state index in [2.05, 4.69) is 31.2 Å². The zero-order valence-electron chi connectivity index (χ0n) is 21.8. The van der Waals surface area contributed by atoms with Crippen molar-refractivity contribution >= 4 is 27.3 Å². The number of hydrogen-bond donors (Lipinski definition) is 1. The van der Waals surface area contributed by atoms with E-state index in [1.807, 2.05) is 50.3 Å². The molecule has 6 nitrogen and oxygen atoms in total. The summed E-state index contributed by atoms with van der Waals surface area (Å²) >= 11 is 0. The maximum Gasteiger partial charge on any atom is 0.265 e. The number of Topliss-reactive ketones (excluding diaryl/α,β-unsaturated/α-hetero) is 1. The number of fused-ring (bicyclic) bond motifs is 3. The molecule has 2 aromatic carbocycles. The van der Waals surface area contributed by atoms with Gasteiger partial charge in [0.15, 0.2) is 11.9 Å². The van der Waals surface area contributed by atoms with Crippen LogP contribution in [0.1, 0.15) is 55.9 Å². The van der Waals surface area contributed by atoms with Gasteiger partial charge in [0.2, 0.25) is 0 Å². The average molecular weight is 533 g/mol. The number of benzene rings is 2. The van der Waals surface area contributed by atoms with Crippen LogP contribution in [0, 0.1) is 23.7 Å². The van der Waals surface area contributed by atoms with Crippen LogP contribution in [0.3, 0.4) is 0 Å². The molecule has 198 valence electrons. The van der Waals surface area contributed by atoms with Crippen LogP contribution < -0.4 is 0 Å². The highest BCUT2D eigenvalue weighted by atomic mass is 32.2. The summed E-state index contributed by atoms with van der Waals surface area (Å²) in [5, 5.41) is 0. The Morgan fingerprint density at radius 1 is 1.03 bits per heavy atom. The summed E-state index contributed by atoms with van der Waals surface area (Å²) in [5.74, 6) is 0.577. The fourth-order valence-electron chi connectivity index (χ4n) is 6.50. The minimum absolute atomic E-state index is 0.0102. The first-order valence-electron chi connectivity index (χ1n) is 12.9. The first-order chi connectivity index (χ1) is 17.9. The fraction of sp³-hybridized carbons (Fsp3) is 0.355. The van der Waals surface area contributed by atoms with Crippen molar-refractivity contribution in [3.05, 3.63) is 101 Å². The lowest BCUT2D eigenvalue weighted by Gasteiger charge is -2.35. The summed E-state index contributed by atoms with van der Waals surface area (Å²) in [7, 11) is -4.08. The van der Waals surface area contributed by atoms with Gasteiger partial charge in [0.05, 0.1) is 16.7 Å². The molecule has 2 aromatic rings. The number of carbonyl (C=O) groups is 2. The van der Waals surface area contributed by atoms with Crippen LogP contribution in [0.5, 0.6) is 0 Å². The Balaban J connectivity index is 0.000000170. The standard InChI is InChI=1S/C21H16O2.C10H16O4S/c1-14-10-12-16(13-11-14)21-19(15-6-3-2-4-7-15)20-17(22)8-5-9-18(20)23-21;1-9(2)7-3-4-10(9,8(11)5-7)6-15(12,13)14/h2-13,21H,1H3;7H,3-6H2,1-2H3,(H,12,13,14). The van der Waals surface area contributed by atoms with Crippen LogP contribution in [0.15, 0.2) is 84.2 Å². The van der Waals surface area contributed by atoms with Gasteiger partial charge in [-0.2, -0.15) is 8.42 Å². The molecule has 0 saturated heterocycles. The van der Waals surface area contributed by atoms with Gasteiger partial charge in [0, 0.05) is 12.0 Å². The summed E-state index contributed by atoms with van der Waals surface area (Å²) in [6, 6.07) is 18.3. The van der Waals surface area contributed by atoms with Gasteiger partial charge < -0.3 is 4.74 Å². The van der Waals surface area contributed by atoms with Crippen LogP contribution in [0.2, 0.25) is 0 Å². The molecule has 0 radical (unpaired) electrons. The summed E-state index contributed by atoms with van der Waals surface area (Å²) in [6.45, 7) is 5.95. The Morgan fingerprint density at radius 3 is 2.29 bits per heavy atom. The number of ether oxygens (including phenoxy) is 1. The normalized spacial score (nSPS) is 27.0. The van der Waals surface area contributed by atoms with Crippen molar-refractivity contribution in [3.8, 4) is 0 Å². The van der Waals surface area contributed by atoms with Gasteiger partial charge >= 0.3 is 0 Å². The second-order valence-electron chi connectivity index (χ2n) is 11.2. The maximum absolute atomic E-state index is 12.4. The van der Waals surface area contributed by atoms with E-state index in [0.29, 0.717) is 24.2 Å². The van der Waals surface area contributed by atoms with Gasteiger partial charge in [-0.05, 0) is 54.4 Å². The van der Waals surface area contributed by atoms with Gasteiger partial charge in [0.1, 0.15) is 11.5 Å². The summed E-state index contributed by atoms with van der Waals surface area (Å²) in [6.07, 6.45) is 6.95. The van der Waals surface area contributed by atoms with Crippen molar-refractivity contribution in [1.29, 1.82) is 0 Å². The first-order valence-corrected chi connectivity index (χ1v) is 14.5. The van der Waals surface area contributed by atoms with Gasteiger partial charge in [-0.1, -0.05) is 80.1 Å². The van der Waals surface area contributed by atoms with E-state index in [-0.39, 0.29) is 29.0 Å². The maximum atomic E-state index is 12.4. The third-order valence-corrected chi connectivity index (χ3v) is 9.65. The molecule has 3 aliphatic carbocycles. The molecule has 1 aliphatic heterocycles. The van der Waals surface area contributed by atoms with E-state index < -0.39 is 21.3 Å². The molecule has 0 aromatic heterocycles. The van der Waals surface area contributed by atoms with Crippen molar-refractivity contribution in [2.45, 2.75) is 46.1 Å². The molecule has 0 spiro atoms. The molecule has 7 heteroatoms. The predicted octanol–water partition coefficient (Wildman–Crippen LogP) is 5.81. The fourth-order valence-corrected chi connectivity index (χ4v) is 7.80. The Bertz CT molecular complexity index is 1480. The molecule has 6 rings (SSSR count). The lowest BCUT2D eigenvalue weighted by Crippen LogP contribution is -2.42. The predicted molar refractivity (Wildman–Crippen MR) is 146 cm³/mol. The third kappa shape index (κ3) is 4.48. The molecule has 3 unspecified atom stereocenters. The highest BCUT2D eigenvalue weighted by Gasteiger charge is 2.65. The van der Waals surface area contributed by atoms with Crippen molar-refractivity contribution in [1.82, 2.24) is 0 Å². The quantitative estimate of drug-likeness (QED) is 0.499. The second-order valence-corrected chi connectivity index (χ2v) is 12.7. The third-order valence-electron chi connectivity index (χ3n) is 8.80. The SMILES string of the molecule is CC1(C)C2CCC1(CS(=O)(=O)O)C(=O)C2.Cc1ccc(C2OC3=CC=CC(=O)C3=C2c2ccccc2)cc1. The van der Waals surface area contributed by atoms with Crippen LogP contribution in [-0.2, 0) is 24.4 Å². The van der Waals surface area contributed by atoms with Gasteiger partial charge in [-0.15, -0.1) is 0 Å². The molecular formula is C31H32O6S. The average Bonchev–Trinajstić information content (AvgIpc) is 3.42. The lowest BCUT2D eigenvalue weighted by molar-refractivity contribution is -0.128. The van der Waals surface area contributed by atoms with E-state index in [1.54, 1.807) is 12.2 Å². The molecule has 2 bridgehead atoms. The monoisotopic (exact) mass is 532 g/mol. The van der Waals surface area contributed by atoms with Crippen LogP contribution in [0.4, 0.5) is 0 Å². The van der Waals surface area contributed by atoms with Gasteiger partial charge in [-0.25, -0.2) is 0 Å². The second kappa shape index (κ2) is 9.47. The lowest BCUT2D eigenvalue weighted by atomic mass is 9.70. The molecule has 38 heavy (non-hydrogen) atoms. The molecule has 2 saturated carbocycles. The van der Waals surface area contributed by atoms with E-state index in [0.717, 1.165) is 23.1 Å². The van der Waals surface area contributed by atoms with Crippen molar-refractivity contribution in [2.75, 3.05) is 5.75 Å². The van der Waals surface area contributed by atoms with Gasteiger partial charge in [0.25, 0.3) is 10.1 Å². The molecule has 4 aliphatic rings. The summed E-state index contributed by atoms with van der Waals surface area (Å²) < 4.78 is 37.1. The topological polar surface area (TPSA) is 97.7 Å². The van der Waals surface area contributed by atoms with Crippen molar-refractivity contribution < 1.29 is 27.3 Å². The van der Waals surface area contributed by atoms with Crippen LogP contribution >= 0.6 is 0 Å². The van der Waals surface area contributed by atoms with Crippen molar-refractivity contribution in [3.63, 3.8) is 0 Å². The minimum atomic E-state index is -4.08. The number of carbonyl (C=O) groups excluding carboxylic acids is 2. The molecule has 3 atom stereocenters. The van der Waals surface area contributed by atoms with E-state index >= 15 is 0 Å². The number of aryl methyl sites for hydroxylation is 1. The number of allylic oxidation sites excluding steroid dienone is 4. The minimum Gasteiger partial charge on any atom is -0.480 e. The largest absolute Gasteiger partial charge is 0.480 e. The Hall–Kier alpha value is -3.29. The summed E-state index contributed by atoms with van der Waals surface area (Å²) in [5.41, 5.74) is 3.81. The van der Waals surface area contributed by atoms with Crippen LogP contribution in [0.25, 0.3) is 5.57 Å². The molecule has 1 heterocycles. The van der Waals surface area contributed by atoms with E-state index in [4.69, 9.17) is 9.29 Å². The molecule has 1 N–H and O–H groups in total. The van der Waals surface area contributed by atoms with Crippen molar-refractivity contribution in [2.24, 2.45) is 16.7 Å². The summed E-state index contributed by atoms with van der Waals surface area (Å²) in [4.78, 5) is 24.3. The highest BCUT2D eigenvalue weighted by Crippen LogP contribution is 2.64. The Morgan fingerprint density at radius 2 is 1.71 bits per heavy atom. The van der Waals surface area contributed by atoms with E-state index in [1.165, 1.54) is 5.56 Å². The van der Waals surface area contributed by atoms with E-state index in [9.17, 15) is 18.0 Å². The highest BCUT2D eigenvalue weighted by molar-refractivity contribution is 7.85. The number of rotatable bonds is 4. The molecule has 2 fully saturated rings. The number of ketones is 2. The zero-order valence-corrected chi connectivity index (χ0v) is 22.6.